The molecule has 1 atom stereocenters. The van der Waals surface area contributed by atoms with E-state index in [2.05, 4.69) is 22.8 Å². The van der Waals surface area contributed by atoms with E-state index in [1.807, 2.05) is 24.5 Å². The van der Waals surface area contributed by atoms with Crippen LogP contribution in [0.4, 0.5) is 4.79 Å². The molecule has 0 heterocycles. The number of amides is 2. The number of carbonyl (C=O) groups is 2. The van der Waals surface area contributed by atoms with E-state index in [4.69, 9.17) is 4.74 Å². The SMILES string of the molecule is COC(=O)C(CCSC)NC(=O)NCCCc1ccccc1. The van der Waals surface area contributed by atoms with Crippen molar-refractivity contribution in [3.05, 3.63) is 35.9 Å². The van der Waals surface area contributed by atoms with Crippen molar-refractivity contribution < 1.29 is 14.3 Å². The Labute approximate surface area is 136 Å². The lowest BCUT2D eigenvalue weighted by atomic mass is 10.1. The molecule has 0 saturated heterocycles. The lowest BCUT2D eigenvalue weighted by Crippen LogP contribution is -2.47. The molecule has 5 nitrogen and oxygen atoms in total. The van der Waals surface area contributed by atoms with Gasteiger partial charge in [0.1, 0.15) is 6.04 Å². The van der Waals surface area contributed by atoms with Crippen LogP contribution < -0.4 is 10.6 Å². The molecule has 0 radical (unpaired) electrons. The second-order valence-electron chi connectivity index (χ2n) is 4.85. The van der Waals surface area contributed by atoms with Gasteiger partial charge in [-0.1, -0.05) is 30.3 Å². The Hall–Kier alpha value is -1.69. The summed E-state index contributed by atoms with van der Waals surface area (Å²) in [7, 11) is 1.33. The van der Waals surface area contributed by atoms with Gasteiger partial charge in [0, 0.05) is 6.54 Å². The normalized spacial score (nSPS) is 11.5. The fraction of sp³-hybridized carbons (Fsp3) is 0.500. The van der Waals surface area contributed by atoms with E-state index in [1.165, 1.54) is 12.7 Å². The molecule has 0 fully saturated rings. The third-order valence-electron chi connectivity index (χ3n) is 3.17. The molecule has 1 rings (SSSR count). The molecule has 1 unspecified atom stereocenters. The summed E-state index contributed by atoms with van der Waals surface area (Å²) in [5.41, 5.74) is 1.25. The zero-order valence-electron chi connectivity index (χ0n) is 13.1. The molecule has 122 valence electrons. The quantitative estimate of drug-likeness (QED) is 0.540. The molecule has 6 heteroatoms. The first kappa shape index (κ1) is 18.4. The maximum atomic E-state index is 11.8. The Kier molecular flexibility index (Phi) is 9.14. The maximum absolute atomic E-state index is 11.8. The molecule has 1 aromatic carbocycles. The van der Waals surface area contributed by atoms with Gasteiger partial charge in [0.25, 0.3) is 0 Å². The summed E-state index contributed by atoms with van der Waals surface area (Å²) in [6, 6.07) is 9.20. The van der Waals surface area contributed by atoms with Crippen molar-refractivity contribution in [2.45, 2.75) is 25.3 Å². The minimum Gasteiger partial charge on any atom is -0.467 e. The lowest BCUT2D eigenvalue weighted by molar-refractivity contribution is -0.142. The number of nitrogens with one attached hydrogen (secondary N) is 2. The average molecular weight is 324 g/mol. The number of ether oxygens (including phenoxy) is 1. The highest BCUT2D eigenvalue weighted by Crippen LogP contribution is 2.03. The Bertz CT molecular complexity index is 454. The molecule has 0 saturated carbocycles. The molecule has 0 spiro atoms. The van der Waals surface area contributed by atoms with Gasteiger partial charge in [-0.3, -0.25) is 0 Å². The number of esters is 1. The van der Waals surface area contributed by atoms with E-state index in [1.54, 1.807) is 11.8 Å². The number of hydrogen-bond acceptors (Lipinski definition) is 4. The summed E-state index contributed by atoms with van der Waals surface area (Å²) in [4.78, 5) is 23.4. The predicted octanol–water partition coefficient (Wildman–Crippen LogP) is 2.21. The van der Waals surface area contributed by atoms with E-state index in [9.17, 15) is 9.59 Å². The van der Waals surface area contributed by atoms with Crippen LogP contribution >= 0.6 is 11.8 Å². The first-order chi connectivity index (χ1) is 10.7. The van der Waals surface area contributed by atoms with Crippen LogP contribution in [-0.4, -0.2) is 43.7 Å². The topological polar surface area (TPSA) is 67.4 Å². The van der Waals surface area contributed by atoms with Crippen LogP contribution in [0.25, 0.3) is 0 Å². The predicted molar refractivity (Wildman–Crippen MR) is 90.1 cm³/mol. The molecule has 22 heavy (non-hydrogen) atoms. The van der Waals surface area contributed by atoms with Gasteiger partial charge in [-0.05, 0) is 36.8 Å². The van der Waals surface area contributed by atoms with Gasteiger partial charge in [-0.2, -0.15) is 11.8 Å². The molecule has 0 aromatic heterocycles. The minimum atomic E-state index is -0.591. The van der Waals surface area contributed by atoms with Gasteiger partial charge in [0.15, 0.2) is 0 Å². The smallest absolute Gasteiger partial charge is 0.328 e. The summed E-state index contributed by atoms with van der Waals surface area (Å²) in [5.74, 6) is 0.377. The molecule has 1 aromatic rings. The average Bonchev–Trinajstić information content (AvgIpc) is 2.55. The maximum Gasteiger partial charge on any atom is 0.328 e. The second kappa shape index (κ2) is 11.0. The van der Waals surface area contributed by atoms with Crippen molar-refractivity contribution in [3.63, 3.8) is 0 Å². The molecule has 0 aliphatic rings. The number of rotatable bonds is 9. The third-order valence-corrected chi connectivity index (χ3v) is 3.82. The van der Waals surface area contributed by atoms with Crippen molar-refractivity contribution in [1.29, 1.82) is 0 Å². The fourth-order valence-electron chi connectivity index (χ4n) is 1.98. The highest BCUT2D eigenvalue weighted by molar-refractivity contribution is 7.98. The van der Waals surface area contributed by atoms with Crippen LogP contribution in [0.15, 0.2) is 30.3 Å². The van der Waals surface area contributed by atoms with Gasteiger partial charge in [-0.15, -0.1) is 0 Å². The Morgan fingerprint density at radius 2 is 2.00 bits per heavy atom. The van der Waals surface area contributed by atoms with Crippen LogP contribution in [0.1, 0.15) is 18.4 Å². The highest BCUT2D eigenvalue weighted by Gasteiger charge is 2.20. The second-order valence-corrected chi connectivity index (χ2v) is 5.83. The monoisotopic (exact) mass is 324 g/mol. The summed E-state index contributed by atoms with van der Waals surface area (Å²) in [6.07, 6.45) is 4.28. The van der Waals surface area contributed by atoms with Crippen molar-refractivity contribution in [2.24, 2.45) is 0 Å². The lowest BCUT2D eigenvalue weighted by Gasteiger charge is -2.16. The number of methoxy groups -OCH3 is 1. The molecule has 0 aliphatic carbocycles. The van der Waals surface area contributed by atoms with Crippen LogP contribution in [0.3, 0.4) is 0 Å². The molecule has 0 aliphatic heterocycles. The van der Waals surface area contributed by atoms with Gasteiger partial charge < -0.3 is 15.4 Å². The van der Waals surface area contributed by atoms with E-state index in [0.717, 1.165) is 18.6 Å². The van der Waals surface area contributed by atoms with Crippen LogP contribution in [0.5, 0.6) is 0 Å². The van der Waals surface area contributed by atoms with Crippen LogP contribution in [0, 0.1) is 0 Å². The Morgan fingerprint density at radius 1 is 1.27 bits per heavy atom. The number of hydrogen-bond donors (Lipinski definition) is 2. The summed E-state index contributed by atoms with van der Waals surface area (Å²) < 4.78 is 4.70. The summed E-state index contributed by atoms with van der Waals surface area (Å²) >= 11 is 1.62. The van der Waals surface area contributed by atoms with E-state index in [0.29, 0.717) is 13.0 Å². The molecular weight excluding hydrogens is 300 g/mol. The van der Waals surface area contributed by atoms with E-state index in [-0.39, 0.29) is 6.03 Å². The van der Waals surface area contributed by atoms with Gasteiger partial charge in [0.2, 0.25) is 0 Å². The Morgan fingerprint density at radius 3 is 2.64 bits per heavy atom. The van der Waals surface area contributed by atoms with Crippen LogP contribution in [-0.2, 0) is 16.0 Å². The largest absolute Gasteiger partial charge is 0.467 e. The number of benzene rings is 1. The van der Waals surface area contributed by atoms with E-state index >= 15 is 0 Å². The van der Waals surface area contributed by atoms with Gasteiger partial charge in [-0.25, -0.2) is 9.59 Å². The standard InChI is InChI=1S/C16H24N2O3S/c1-21-15(19)14(10-12-22-2)18-16(20)17-11-6-9-13-7-4-3-5-8-13/h3-5,7-8,14H,6,9-12H2,1-2H3,(H2,17,18,20). The molecule has 0 bridgehead atoms. The zero-order valence-corrected chi connectivity index (χ0v) is 13.9. The highest BCUT2D eigenvalue weighted by atomic mass is 32.2. The number of carbonyl (C=O) groups excluding carboxylic acids is 2. The van der Waals surface area contributed by atoms with Crippen molar-refractivity contribution in [3.8, 4) is 0 Å². The Balaban J connectivity index is 2.26. The van der Waals surface area contributed by atoms with Crippen LogP contribution in [0.2, 0.25) is 0 Å². The fourth-order valence-corrected chi connectivity index (χ4v) is 2.45. The first-order valence-electron chi connectivity index (χ1n) is 7.32. The third kappa shape index (κ3) is 7.36. The molecule has 2 amide bonds. The van der Waals surface area contributed by atoms with Gasteiger partial charge in [0.05, 0.1) is 7.11 Å². The minimum absolute atomic E-state index is 0.329. The number of aryl methyl sites for hydroxylation is 1. The molecular formula is C16H24N2O3S. The van der Waals surface area contributed by atoms with E-state index < -0.39 is 12.0 Å². The molecule has 2 N–H and O–H groups in total. The van der Waals surface area contributed by atoms with Crippen molar-refractivity contribution in [1.82, 2.24) is 10.6 Å². The number of thioether (sulfide) groups is 1. The van der Waals surface area contributed by atoms with Crippen molar-refractivity contribution in [2.75, 3.05) is 25.7 Å². The van der Waals surface area contributed by atoms with Crippen molar-refractivity contribution >= 4 is 23.8 Å². The summed E-state index contributed by atoms with van der Waals surface area (Å²) in [6.45, 7) is 0.567. The number of urea groups is 1. The van der Waals surface area contributed by atoms with Gasteiger partial charge >= 0.3 is 12.0 Å². The summed E-state index contributed by atoms with van der Waals surface area (Å²) in [5, 5.41) is 5.44. The first-order valence-corrected chi connectivity index (χ1v) is 8.71. The zero-order chi connectivity index (χ0) is 16.2.